The van der Waals surface area contributed by atoms with Gasteiger partial charge in [0.1, 0.15) is 5.75 Å². The van der Waals surface area contributed by atoms with Crippen molar-refractivity contribution in [2.24, 2.45) is 0 Å². The van der Waals surface area contributed by atoms with Crippen molar-refractivity contribution in [2.75, 3.05) is 40.0 Å². The number of hydrogen-bond donors (Lipinski definition) is 1. The van der Waals surface area contributed by atoms with Crippen molar-refractivity contribution in [1.29, 1.82) is 0 Å². The highest BCUT2D eigenvalue weighted by molar-refractivity contribution is 5.85. The molecule has 0 aliphatic carbocycles. The van der Waals surface area contributed by atoms with Crippen molar-refractivity contribution in [3.05, 3.63) is 24.4 Å². The van der Waals surface area contributed by atoms with Gasteiger partial charge in [-0.15, -0.1) is 0 Å². The first-order valence-electron chi connectivity index (χ1n) is 8.29. The third-order valence-corrected chi connectivity index (χ3v) is 4.20. The molecule has 3 rings (SSSR count). The molecule has 0 saturated carbocycles. The van der Waals surface area contributed by atoms with E-state index in [1.807, 2.05) is 18.2 Å². The van der Waals surface area contributed by atoms with Crippen LogP contribution in [0.2, 0.25) is 0 Å². The molecule has 8 heteroatoms. The lowest BCUT2D eigenvalue weighted by atomic mass is 10.2. The molecule has 2 amide bonds. The van der Waals surface area contributed by atoms with Gasteiger partial charge in [-0.1, -0.05) is 0 Å². The summed E-state index contributed by atoms with van der Waals surface area (Å²) >= 11 is 0. The summed E-state index contributed by atoms with van der Waals surface area (Å²) in [4.78, 5) is 25.7. The lowest BCUT2D eigenvalue weighted by Crippen LogP contribution is -2.45. The fraction of sp³-hybridized carbons (Fsp3) is 0.471. The number of fused-ring (bicyclic) bond motifs is 1. The van der Waals surface area contributed by atoms with Crippen LogP contribution in [0.4, 0.5) is 0 Å². The summed E-state index contributed by atoms with van der Waals surface area (Å²) in [5, 5.41) is 7.94. The van der Waals surface area contributed by atoms with Crippen molar-refractivity contribution in [3.8, 4) is 5.75 Å². The van der Waals surface area contributed by atoms with Gasteiger partial charge in [-0.3, -0.25) is 14.3 Å². The van der Waals surface area contributed by atoms with Gasteiger partial charge in [-0.2, -0.15) is 5.10 Å². The molecule has 1 aromatic heterocycles. The van der Waals surface area contributed by atoms with E-state index >= 15 is 0 Å². The van der Waals surface area contributed by atoms with E-state index in [0.717, 1.165) is 16.7 Å². The topological polar surface area (TPSA) is 85.7 Å². The fourth-order valence-electron chi connectivity index (χ4n) is 2.76. The Morgan fingerprint density at radius 3 is 2.88 bits per heavy atom. The van der Waals surface area contributed by atoms with Crippen LogP contribution in [-0.4, -0.2) is 66.5 Å². The number of methoxy groups -OCH3 is 1. The number of nitrogens with zero attached hydrogens (tertiary/aromatic N) is 3. The van der Waals surface area contributed by atoms with Crippen molar-refractivity contribution in [3.63, 3.8) is 0 Å². The van der Waals surface area contributed by atoms with E-state index < -0.39 is 0 Å². The van der Waals surface area contributed by atoms with Gasteiger partial charge >= 0.3 is 0 Å². The second kappa shape index (κ2) is 7.98. The molecule has 8 nitrogen and oxygen atoms in total. The van der Waals surface area contributed by atoms with E-state index in [-0.39, 0.29) is 24.8 Å². The van der Waals surface area contributed by atoms with Gasteiger partial charge in [0.15, 0.2) is 0 Å². The van der Waals surface area contributed by atoms with Gasteiger partial charge in [-0.05, 0) is 18.2 Å². The minimum Gasteiger partial charge on any atom is -0.497 e. The first kappa shape index (κ1) is 17.2. The SMILES string of the molecule is COc1ccc2c(cnn2CCC(=O)NCC(=O)N2CCOCC2)c1. The first-order valence-corrected chi connectivity index (χ1v) is 8.29. The highest BCUT2D eigenvalue weighted by Crippen LogP contribution is 2.20. The summed E-state index contributed by atoms with van der Waals surface area (Å²) in [6.45, 7) is 2.74. The average molecular weight is 346 g/mol. The van der Waals surface area contributed by atoms with Crippen LogP contribution >= 0.6 is 0 Å². The Bertz CT molecular complexity index is 752. The number of aromatic nitrogens is 2. The Balaban J connectivity index is 1.48. The first-order chi connectivity index (χ1) is 12.2. The molecule has 0 atom stereocenters. The summed E-state index contributed by atoms with van der Waals surface area (Å²) in [7, 11) is 1.62. The molecule has 0 radical (unpaired) electrons. The molecule has 1 aliphatic heterocycles. The molecular formula is C17H22N4O4. The highest BCUT2D eigenvalue weighted by atomic mass is 16.5. The van der Waals surface area contributed by atoms with Crippen LogP contribution in [0.1, 0.15) is 6.42 Å². The van der Waals surface area contributed by atoms with Crippen molar-refractivity contribution < 1.29 is 19.1 Å². The average Bonchev–Trinajstić information content (AvgIpc) is 3.07. The second-order valence-corrected chi connectivity index (χ2v) is 5.81. The molecule has 2 aromatic rings. The smallest absolute Gasteiger partial charge is 0.242 e. The molecule has 1 saturated heterocycles. The predicted molar refractivity (Wildman–Crippen MR) is 91.3 cm³/mol. The minimum atomic E-state index is -0.168. The number of amides is 2. The molecule has 2 heterocycles. The lowest BCUT2D eigenvalue weighted by Gasteiger charge is -2.26. The van der Waals surface area contributed by atoms with Gasteiger partial charge in [0.2, 0.25) is 11.8 Å². The number of hydrogen-bond acceptors (Lipinski definition) is 5. The molecular weight excluding hydrogens is 324 g/mol. The minimum absolute atomic E-state index is 0.0237. The molecule has 0 bridgehead atoms. The summed E-state index contributed by atoms with van der Waals surface area (Å²) in [6, 6.07) is 5.68. The van der Waals surface area contributed by atoms with E-state index in [1.54, 1.807) is 22.9 Å². The van der Waals surface area contributed by atoms with E-state index in [4.69, 9.17) is 9.47 Å². The number of carbonyl (C=O) groups excluding carboxylic acids is 2. The van der Waals surface area contributed by atoms with E-state index in [1.165, 1.54) is 0 Å². The zero-order valence-electron chi connectivity index (χ0n) is 14.2. The van der Waals surface area contributed by atoms with Crippen molar-refractivity contribution in [2.45, 2.75) is 13.0 Å². The van der Waals surface area contributed by atoms with Crippen LogP contribution in [0.25, 0.3) is 10.9 Å². The third kappa shape index (κ3) is 4.27. The summed E-state index contributed by atoms with van der Waals surface area (Å²) in [6.07, 6.45) is 2.01. The van der Waals surface area contributed by atoms with Crippen LogP contribution < -0.4 is 10.1 Å². The van der Waals surface area contributed by atoms with Crippen molar-refractivity contribution >= 4 is 22.7 Å². The van der Waals surface area contributed by atoms with Crippen LogP contribution in [0, 0.1) is 0 Å². The molecule has 1 aliphatic rings. The van der Waals surface area contributed by atoms with E-state index in [0.29, 0.717) is 32.8 Å². The van der Waals surface area contributed by atoms with E-state index in [2.05, 4.69) is 10.4 Å². The molecule has 1 fully saturated rings. The number of morpholine rings is 1. The normalized spacial score (nSPS) is 14.5. The van der Waals surface area contributed by atoms with Crippen LogP contribution in [0.15, 0.2) is 24.4 Å². The predicted octanol–water partition coefficient (Wildman–Crippen LogP) is 0.410. The fourth-order valence-corrected chi connectivity index (χ4v) is 2.76. The highest BCUT2D eigenvalue weighted by Gasteiger charge is 2.17. The van der Waals surface area contributed by atoms with Gasteiger partial charge < -0.3 is 19.7 Å². The van der Waals surface area contributed by atoms with Crippen LogP contribution in [0.3, 0.4) is 0 Å². The van der Waals surface area contributed by atoms with Gasteiger partial charge in [0.25, 0.3) is 0 Å². The standard InChI is InChI=1S/C17H22N4O4/c1-24-14-2-3-15-13(10-14)11-19-21(15)5-4-16(22)18-12-17(23)20-6-8-25-9-7-20/h2-3,10-11H,4-9,12H2,1H3,(H,18,22). The number of ether oxygens (including phenoxy) is 2. The third-order valence-electron chi connectivity index (χ3n) is 4.20. The quantitative estimate of drug-likeness (QED) is 0.819. The van der Waals surface area contributed by atoms with E-state index in [9.17, 15) is 9.59 Å². The summed E-state index contributed by atoms with van der Waals surface area (Å²) in [5.74, 6) is 0.526. The molecule has 0 spiro atoms. The second-order valence-electron chi connectivity index (χ2n) is 5.81. The maximum absolute atomic E-state index is 12.0. The number of rotatable bonds is 6. The van der Waals surface area contributed by atoms with Crippen molar-refractivity contribution in [1.82, 2.24) is 20.0 Å². The Morgan fingerprint density at radius 2 is 2.12 bits per heavy atom. The Morgan fingerprint density at radius 1 is 1.32 bits per heavy atom. The Labute approximate surface area is 145 Å². The Hall–Kier alpha value is -2.61. The van der Waals surface area contributed by atoms with Crippen LogP contribution in [0.5, 0.6) is 5.75 Å². The maximum atomic E-state index is 12.0. The molecule has 1 aromatic carbocycles. The summed E-state index contributed by atoms with van der Waals surface area (Å²) in [5.41, 5.74) is 0.943. The molecule has 1 N–H and O–H groups in total. The summed E-state index contributed by atoms with van der Waals surface area (Å²) < 4.78 is 12.2. The molecule has 25 heavy (non-hydrogen) atoms. The zero-order chi connectivity index (χ0) is 17.6. The lowest BCUT2D eigenvalue weighted by molar-refractivity contribution is -0.136. The maximum Gasteiger partial charge on any atom is 0.242 e. The molecule has 134 valence electrons. The largest absolute Gasteiger partial charge is 0.497 e. The van der Waals surface area contributed by atoms with Crippen LogP contribution in [-0.2, 0) is 20.9 Å². The van der Waals surface area contributed by atoms with Gasteiger partial charge in [0, 0.05) is 24.9 Å². The van der Waals surface area contributed by atoms with Gasteiger partial charge in [-0.25, -0.2) is 0 Å². The number of aryl methyl sites for hydroxylation is 1. The zero-order valence-corrected chi connectivity index (χ0v) is 14.2. The molecule has 0 unspecified atom stereocenters. The van der Waals surface area contributed by atoms with Gasteiger partial charge in [0.05, 0.1) is 45.1 Å². The number of benzene rings is 1. The Kier molecular flexibility index (Phi) is 5.49. The number of carbonyl (C=O) groups is 2. The number of nitrogens with one attached hydrogen (secondary N) is 1. The monoisotopic (exact) mass is 346 g/mol.